The van der Waals surface area contributed by atoms with Crippen molar-refractivity contribution in [3.63, 3.8) is 0 Å². The van der Waals surface area contributed by atoms with Gasteiger partial charge in [-0.1, -0.05) is 24.0 Å². The van der Waals surface area contributed by atoms with Gasteiger partial charge in [0.05, 0.1) is 6.26 Å². The minimum absolute atomic E-state index is 0.207. The van der Waals surface area contributed by atoms with Crippen LogP contribution in [0.4, 0.5) is 0 Å². The minimum Gasteiger partial charge on any atom is -0.490 e. The predicted molar refractivity (Wildman–Crippen MR) is 95.8 cm³/mol. The molecule has 4 aromatic rings. The standard InChI is InChI=1S/C18H13N3O3S/c1-2-9-23-13-7-5-12(6-8-13)16-19-18-21(20-16)17(22)15(25-18)11-14-4-3-10-24-14/h2-8,10-11H,1,9H2. The van der Waals surface area contributed by atoms with Gasteiger partial charge in [0.1, 0.15) is 22.6 Å². The number of hydrogen-bond acceptors (Lipinski definition) is 6. The number of fused-ring (bicyclic) bond motifs is 1. The highest BCUT2D eigenvalue weighted by atomic mass is 32.1. The van der Waals surface area contributed by atoms with Crippen molar-refractivity contribution < 1.29 is 9.15 Å². The summed E-state index contributed by atoms with van der Waals surface area (Å²) in [7, 11) is 0. The lowest BCUT2D eigenvalue weighted by Gasteiger charge is -2.02. The van der Waals surface area contributed by atoms with Crippen molar-refractivity contribution >= 4 is 22.4 Å². The Morgan fingerprint density at radius 1 is 1.28 bits per heavy atom. The summed E-state index contributed by atoms with van der Waals surface area (Å²) in [5.41, 5.74) is 0.610. The lowest BCUT2D eigenvalue weighted by atomic mass is 10.2. The van der Waals surface area contributed by atoms with Gasteiger partial charge in [0.15, 0.2) is 5.82 Å². The van der Waals surface area contributed by atoms with Gasteiger partial charge in [-0.2, -0.15) is 9.50 Å². The predicted octanol–water partition coefficient (Wildman–Crippen LogP) is 2.52. The lowest BCUT2D eigenvalue weighted by Crippen LogP contribution is -2.23. The van der Waals surface area contributed by atoms with Crippen LogP contribution >= 0.6 is 11.3 Å². The summed E-state index contributed by atoms with van der Waals surface area (Å²) in [6.07, 6.45) is 4.94. The Labute approximate surface area is 146 Å². The van der Waals surface area contributed by atoms with Gasteiger partial charge in [-0.3, -0.25) is 4.79 Å². The number of ether oxygens (including phenoxy) is 1. The Morgan fingerprint density at radius 2 is 2.12 bits per heavy atom. The van der Waals surface area contributed by atoms with E-state index in [0.717, 1.165) is 11.3 Å². The second-order valence-corrected chi connectivity index (χ2v) is 6.19. The van der Waals surface area contributed by atoms with Crippen LogP contribution in [-0.4, -0.2) is 21.2 Å². The molecule has 0 atom stereocenters. The van der Waals surface area contributed by atoms with Gasteiger partial charge in [0.25, 0.3) is 5.56 Å². The number of aromatic nitrogens is 3. The van der Waals surface area contributed by atoms with Crippen LogP contribution in [0.25, 0.3) is 22.4 Å². The third kappa shape index (κ3) is 2.97. The van der Waals surface area contributed by atoms with Crippen LogP contribution in [0.2, 0.25) is 0 Å². The SMILES string of the molecule is C=CCOc1ccc(-c2nc3sc(=Cc4ccco4)c(=O)n3n2)cc1. The molecule has 0 fully saturated rings. The Morgan fingerprint density at radius 3 is 2.80 bits per heavy atom. The van der Waals surface area contributed by atoms with E-state index in [0.29, 0.717) is 27.7 Å². The zero-order valence-electron chi connectivity index (χ0n) is 13.1. The number of furan rings is 1. The van der Waals surface area contributed by atoms with Crippen molar-refractivity contribution in [3.05, 3.63) is 76.0 Å². The van der Waals surface area contributed by atoms with Crippen LogP contribution in [0.15, 0.2) is 64.5 Å². The van der Waals surface area contributed by atoms with Gasteiger partial charge in [-0.05, 0) is 36.4 Å². The van der Waals surface area contributed by atoms with Crippen LogP contribution in [0.3, 0.4) is 0 Å². The first kappa shape index (κ1) is 15.3. The fraction of sp³-hybridized carbons (Fsp3) is 0.0556. The maximum Gasteiger partial charge on any atom is 0.291 e. The summed E-state index contributed by atoms with van der Waals surface area (Å²) in [4.78, 5) is 17.4. The van der Waals surface area contributed by atoms with E-state index in [1.54, 1.807) is 30.5 Å². The molecule has 0 bridgehead atoms. The van der Waals surface area contributed by atoms with Crippen LogP contribution in [0.5, 0.6) is 5.75 Å². The van der Waals surface area contributed by atoms with Crippen LogP contribution in [0, 0.1) is 0 Å². The van der Waals surface area contributed by atoms with E-state index in [9.17, 15) is 4.79 Å². The monoisotopic (exact) mass is 351 g/mol. The molecule has 0 radical (unpaired) electrons. The van der Waals surface area contributed by atoms with Gasteiger partial charge < -0.3 is 9.15 Å². The molecule has 0 N–H and O–H groups in total. The molecule has 6 nitrogen and oxygen atoms in total. The zero-order valence-corrected chi connectivity index (χ0v) is 13.9. The van der Waals surface area contributed by atoms with Crippen LogP contribution in [0.1, 0.15) is 5.76 Å². The van der Waals surface area contributed by atoms with E-state index in [1.807, 2.05) is 24.3 Å². The van der Waals surface area contributed by atoms with Crippen molar-refractivity contribution in [2.75, 3.05) is 6.61 Å². The Balaban J connectivity index is 1.68. The van der Waals surface area contributed by atoms with E-state index in [4.69, 9.17) is 9.15 Å². The van der Waals surface area contributed by atoms with E-state index < -0.39 is 0 Å². The molecule has 124 valence electrons. The molecular formula is C18H13N3O3S. The smallest absolute Gasteiger partial charge is 0.291 e. The highest BCUT2D eigenvalue weighted by Crippen LogP contribution is 2.20. The summed E-state index contributed by atoms with van der Waals surface area (Å²) >= 11 is 1.28. The molecule has 0 saturated heterocycles. The molecule has 4 rings (SSSR count). The van der Waals surface area contributed by atoms with Gasteiger partial charge in [-0.25, -0.2) is 0 Å². The summed E-state index contributed by atoms with van der Waals surface area (Å²) in [6, 6.07) is 10.9. The second kappa shape index (κ2) is 6.37. The van der Waals surface area contributed by atoms with Crippen molar-refractivity contribution in [3.8, 4) is 17.1 Å². The second-order valence-electron chi connectivity index (χ2n) is 5.19. The van der Waals surface area contributed by atoms with E-state index >= 15 is 0 Å². The molecule has 0 saturated carbocycles. The van der Waals surface area contributed by atoms with Crippen molar-refractivity contribution in [2.45, 2.75) is 0 Å². The van der Waals surface area contributed by atoms with Crippen LogP contribution < -0.4 is 14.8 Å². The number of hydrogen-bond donors (Lipinski definition) is 0. The molecule has 0 aliphatic carbocycles. The largest absolute Gasteiger partial charge is 0.490 e. The fourth-order valence-electron chi connectivity index (χ4n) is 2.31. The van der Waals surface area contributed by atoms with Gasteiger partial charge in [-0.15, -0.1) is 5.10 Å². The van der Waals surface area contributed by atoms with Gasteiger partial charge in [0.2, 0.25) is 4.96 Å². The first-order valence-electron chi connectivity index (χ1n) is 7.53. The molecule has 7 heteroatoms. The minimum atomic E-state index is -0.207. The molecule has 3 aromatic heterocycles. The normalized spacial score (nSPS) is 11.9. The summed E-state index contributed by atoms with van der Waals surface area (Å²) < 4.78 is 12.5. The quantitative estimate of drug-likeness (QED) is 0.517. The van der Waals surface area contributed by atoms with Crippen molar-refractivity contribution in [1.29, 1.82) is 0 Å². The van der Waals surface area contributed by atoms with Gasteiger partial charge in [0, 0.05) is 11.6 Å². The average Bonchev–Trinajstić information content (AvgIpc) is 3.34. The van der Waals surface area contributed by atoms with E-state index in [-0.39, 0.29) is 5.56 Å². The molecule has 3 heterocycles. The maximum absolute atomic E-state index is 12.4. The molecule has 0 unspecified atom stereocenters. The zero-order chi connectivity index (χ0) is 17.2. The van der Waals surface area contributed by atoms with E-state index in [1.165, 1.54) is 15.9 Å². The summed E-state index contributed by atoms with van der Waals surface area (Å²) in [5, 5.41) is 4.32. The molecule has 0 aliphatic rings. The number of nitrogens with zero attached hydrogens (tertiary/aromatic N) is 3. The Kier molecular flexibility index (Phi) is 3.91. The first-order chi connectivity index (χ1) is 12.2. The molecule has 25 heavy (non-hydrogen) atoms. The number of thiazole rings is 1. The van der Waals surface area contributed by atoms with Gasteiger partial charge >= 0.3 is 0 Å². The Bertz CT molecular complexity index is 1130. The molecular weight excluding hydrogens is 338 g/mol. The molecule has 0 amide bonds. The maximum atomic E-state index is 12.4. The molecule has 1 aromatic carbocycles. The first-order valence-corrected chi connectivity index (χ1v) is 8.35. The third-order valence-corrected chi connectivity index (χ3v) is 4.44. The number of benzene rings is 1. The Hall–Kier alpha value is -3.19. The summed E-state index contributed by atoms with van der Waals surface area (Å²) in [6.45, 7) is 4.06. The topological polar surface area (TPSA) is 69.6 Å². The van der Waals surface area contributed by atoms with E-state index in [2.05, 4.69) is 16.7 Å². The van der Waals surface area contributed by atoms with Crippen molar-refractivity contribution in [1.82, 2.24) is 14.6 Å². The fourth-order valence-corrected chi connectivity index (χ4v) is 3.20. The lowest BCUT2D eigenvalue weighted by molar-refractivity contribution is 0.363. The van der Waals surface area contributed by atoms with Crippen LogP contribution in [-0.2, 0) is 0 Å². The third-order valence-electron chi connectivity index (χ3n) is 3.48. The summed E-state index contributed by atoms with van der Waals surface area (Å²) in [5.74, 6) is 1.87. The average molecular weight is 351 g/mol. The molecule has 0 spiro atoms. The highest BCUT2D eigenvalue weighted by molar-refractivity contribution is 7.15. The number of rotatable bonds is 5. The molecule has 0 aliphatic heterocycles. The van der Waals surface area contributed by atoms with Crippen molar-refractivity contribution in [2.24, 2.45) is 0 Å². The highest BCUT2D eigenvalue weighted by Gasteiger charge is 2.12.